The third-order valence-corrected chi connectivity index (χ3v) is 5.70. The molecule has 0 fully saturated rings. The predicted molar refractivity (Wildman–Crippen MR) is 134 cm³/mol. The Morgan fingerprint density at radius 3 is 2.49 bits per heavy atom. The number of hydrogen-bond donors (Lipinski definition) is 0. The molecule has 0 atom stereocenters. The average Bonchev–Trinajstić information content (AvgIpc) is 3.30. The molecule has 0 spiro atoms. The molecular formula is C27H29FN6O. The monoisotopic (exact) mass is 472 g/mol. The summed E-state index contributed by atoms with van der Waals surface area (Å²) in [6, 6.07) is 15.2. The number of halogens is 1. The fourth-order valence-electron chi connectivity index (χ4n) is 3.93. The Bertz CT molecular complexity index is 1260. The first kappa shape index (κ1) is 24.2. The maximum atomic E-state index is 13.7. The Morgan fingerprint density at radius 2 is 1.77 bits per heavy atom. The summed E-state index contributed by atoms with van der Waals surface area (Å²) in [5, 5.41) is 4.67. The number of hydrogen-bond acceptors (Lipinski definition) is 6. The van der Waals surface area contributed by atoms with Crippen LogP contribution in [0.15, 0.2) is 67.1 Å². The summed E-state index contributed by atoms with van der Waals surface area (Å²) >= 11 is 0. The lowest BCUT2D eigenvalue weighted by Crippen LogP contribution is -2.27. The van der Waals surface area contributed by atoms with Gasteiger partial charge in [-0.3, -0.25) is 14.5 Å². The summed E-state index contributed by atoms with van der Waals surface area (Å²) in [5.41, 5.74) is 3.46. The first-order valence-corrected chi connectivity index (χ1v) is 11.8. The number of carbonyl (C=O) groups excluding carboxylic acids is 1. The lowest BCUT2D eigenvalue weighted by molar-refractivity contribution is -0.119. The number of carbonyl (C=O) groups is 1. The molecule has 4 rings (SSSR count). The van der Waals surface area contributed by atoms with E-state index in [4.69, 9.17) is 0 Å². The smallest absolute Gasteiger partial charge is 0.225 e. The number of Topliss-reactive ketones (excluding diaryl/α,β-unsaturated/α-hetero) is 1. The number of benzene rings is 1. The van der Waals surface area contributed by atoms with Gasteiger partial charge in [-0.25, -0.2) is 14.4 Å². The van der Waals surface area contributed by atoms with E-state index in [-0.39, 0.29) is 18.1 Å². The first-order valence-electron chi connectivity index (χ1n) is 11.8. The minimum Gasteiger partial charge on any atom is -0.341 e. The zero-order valence-corrected chi connectivity index (χ0v) is 20.1. The van der Waals surface area contributed by atoms with Crippen LogP contribution in [0.25, 0.3) is 22.6 Å². The number of pyridine rings is 1. The van der Waals surface area contributed by atoms with Crippen molar-refractivity contribution in [2.24, 2.45) is 0 Å². The molecule has 8 heteroatoms. The van der Waals surface area contributed by atoms with Gasteiger partial charge in [-0.2, -0.15) is 5.10 Å². The van der Waals surface area contributed by atoms with Crippen LogP contribution >= 0.6 is 0 Å². The van der Waals surface area contributed by atoms with Gasteiger partial charge in [0.25, 0.3) is 0 Å². The van der Waals surface area contributed by atoms with Gasteiger partial charge in [0.1, 0.15) is 18.1 Å². The summed E-state index contributed by atoms with van der Waals surface area (Å²) in [6.45, 7) is 5.50. The molecule has 0 aliphatic rings. The van der Waals surface area contributed by atoms with Crippen molar-refractivity contribution in [3.05, 3.63) is 78.5 Å². The second-order valence-electron chi connectivity index (χ2n) is 8.44. The van der Waals surface area contributed by atoms with Crippen LogP contribution < -0.4 is 4.90 Å². The largest absolute Gasteiger partial charge is 0.341 e. The highest BCUT2D eigenvalue weighted by molar-refractivity contribution is 5.79. The van der Waals surface area contributed by atoms with E-state index in [1.165, 1.54) is 6.20 Å². The van der Waals surface area contributed by atoms with Crippen LogP contribution in [0.4, 0.5) is 10.3 Å². The molecule has 7 nitrogen and oxygen atoms in total. The number of ketones is 1. The molecule has 0 aliphatic carbocycles. The van der Waals surface area contributed by atoms with Crippen LogP contribution in [0.2, 0.25) is 0 Å². The summed E-state index contributed by atoms with van der Waals surface area (Å²) in [5.74, 6) is 0.419. The Morgan fingerprint density at radius 1 is 1.00 bits per heavy atom. The summed E-state index contributed by atoms with van der Waals surface area (Å²) in [7, 11) is 0. The minimum atomic E-state index is -0.357. The molecule has 3 aromatic heterocycles. The van der Waals surface area contributed by atoms with Gasteiger partial charge in [0.05, 0.1) is 17.6 Å². The van der Waals surface area contributed by atoms with Crippen LogP contribution in [0.1, 0.15) is 31.7 Å². The SMILES string of the molecule is CCCN(CCCC(=O)Cn1nc(-c2cc(C)c(F)cn2)cc1-c1ccccc1)c1ncccn1. The van der Waals surface area contributed by atoms with E-state index >= 15 is 0 Å². The highest BCUT2D eigenvalue weighted by Gasteiger charge is 2.16. The zero-order valence-electron chi connectivity index (χ0n) is 20.1. The lowest BCUT2D eigenvalue weighted by atomic mass is 10.1. The van der Waals surface area contributed by atoms with Crippen LogP contribution in [-0.2, 0) is 11.3 Å². The number of aromatic nitrogens is 5. The van der Waals surface area contributed by atoms with Gasteiger partial charge in [0, 0.05) is 31.9 Å². The van der Waals surface area contributed by atoms with E-state index in [1.54, 1.807) is 36.1 Å². The fourth-order valence-corrected chi connectivity index (χ4v) is 3.93. The molecule has 180 valence electrons. The molecule has 0 aliphatic heterocycles. The van der Waals surface area contributed by atoms with E-state index < -0.39 is 0 Å². The van der Waals surface area contributed by atoms with Gasteiger partial charge in [0.15, 0.2) is 5.78 Å². The molecule has 0 N–H and O–H groups in total. The van der Waals surface area contributed by atoms with Crippen molar-refractivity contribution in [3.63, 3.8) is 0 Å². The molecule has 0 bridgehead atoms. The highest BCUT2D eigenvalue weighted by atomic mass is 19.1. The third-order valence-electron chi connectivity index (χ3n) is 5.70. The Labute approximate surface area is 204 Å². The molecule has 0 unspecified atom stereocenters. The van der Waals surface area contributed by atoms with E-state index in [0.717, 1.165) is 24.2 Å². The van der Waals surface area contributed by atoms with E-state index in [1.807, 2.05) is 36.4 Å². The Kier molecular flexibility index (Phi) is 7.92. The normalized spacial score (nSPS) is 10.9. The zero-order chi connectivity index (χ0) is 24.6. The quantitative estimate of drug-likeness (QED) is 0.302. The maximum Gasteiger partial charge on any atom is 0.225 e. The van der Waals surface area contributed by atoms with Gasteiger partial charge in [-0.05, 0) is 49.1 Å². The molecule has 0 radical (unpaired) electrons. The Hall–Kier alpha value is -3.94. The van der Waals surface area contributed by atoms with Crippen molar-refractivity contribution in [3.8, 4) is 22.6 Å². The van der Waals surface area contributed by atoms with Crippen molar-refractivity contribution in [1.29, 1.82) is 0 Å². The third kappa shape index (κ3) is 6.15. The number of rotatable bonds is 11. The van der Waals surface area contributed by atoms with Gasteiger partial charge in [-0.15, -0.1) is 0 Å². The summed E-state index contributed by atoms with van der Waals surface area (Å²) < 4.78 is 15.4. The number of nitrogens with zero attached hydrogens (tertiary/aromatic N) is 6. The molecule has 0 saturated carbocycles. The molecular weight excluding hydrogens is 443 g/mol. The van der Waals surface area contributed by atoms with Gasteiger partial charge >= 0.3 is 0 Å². The maximum absolute atomic E-state index is 13.7. The summed E-state index contributed by atoms with van der Waals surface area (Å²) in [4.78, 5) is 27.9. The van der Waals surface area contributed by atoms with E-state index in [9.17, 15) is 9.18 Å². The van der Waals surface area contributed by atoms with Gasteiger partial charge < -0.3 is 4.90 Å². The van der Waals surface area contributed by atoms with Crippen LogP contribution in [0, 0.1) is 12.7 Å². The van der Waals surface area contributed by atoms with Crippen LogP contribution in [0.3, 0.4) is 0 Å². The second-order valence-corrected chi connectivity index (χ2v) is 8.44. The van der Waals surface area contributed by atoms with Crippen molar-refractivity contribution in [1.82, 2.24) is 24.7 Å². The van der Waals surface area contributed by atoms with Crippen molar-refractivity contribution in [2.75, 3.05) is 18.0 Å². The fraction of sp³-hybridized carbons (Fsp3) is 0.296. The van der Waals surface area contributed by atoms with Crippen LogP contribution in [0.5, 0.6) is 0 Å². The molecule has 1 aromatic carbocycles. The lowest BCUT2D eigenvalue weighted by Gasteiger charge is -2.21. The first-order chi connectivity index (χ1) is 17.0. The Balaban J connectivity index is 1.48. The molecule has 0 amide bonds. The predicted octanol–water partition coefficient (Wildman–Crippen LogP) is 5.12. The van der Waals surface area contributed by atoms with E-state index in [2.05, 4.69) is 31.9 Å². The van der Waals surface area contributed by atoms with Crippen LogP contribution in [-0.4, -0.2) is 43.6 Å². The van der Waals surface area contributed by atoms with E-state index in [0.29, 0.717) is 42.3 Å². The summed E-state index contributed by atoms with van der Waals surface area (Å²) in [6.07, 6.45) is 6.76. The van der Waals surface area contributed by atoms with Crippen molar-refractivity contribution in [2.45, 2.75) is 39.7 Å². The second kappa shape index (κ2) is 11.5. The molecule has 0 saturated heterocycles. The standard InChI is InChI=1S/C27H29FN6O/c1-3-14-33(27-29-12-8-13-30-27)15-7-11-22(35)19-34-26(21-9-5-4-6-10-21)17-25(32-34)24-16-20(2)23(28)18-31-24/h4-6,8-10,12-13,16-18H,3,7,11,14-15,19H2,1-2H3. The van der Waals surface area contributed by atoms with Crippen molar-refractivity contribution >= 4 is 11.7 Å². The van der Waals surface area contributed by atoms with Gasteiger partial charge in [-0.1, -0.05) is 37.3 Å². The van der Waals surface area contributed by atoms with Crippen molar-refractivity contribution < 1.29 is 9.18 Å². The number of anilines is 1. The molecule has 3 heterocycles. The highest BCUT2D eigenvalue weighted by Crippen LogP contribution is 2.26. The average molecular weight is 473 g/mol. The van der Waals surface area contributed by atoms with Gasteiger partial charge in [0.2, 0.25) is 5.95 Å². The minimum absolute atomic E-state index is 0.0884. The molecule has 35 heavy (non-hydrogen) atoms. The topological polar surface area (TPSA) is 76.8 Å². The number of aryl methyl sites for hydroxylation is 1. The molecule has 4 aromatic rings.